The summed E-state index contributed by atoms with van der Waals surface area (Å²) >= 11 is 7.65. The molecule has 0 unspecified atom stereocenters. The average molecular weight is 440 g/mol. The average Bonchev–Trinajstić information content (AvgIpc) is 3.34. The molecule has 3 aromatic rings. The van der Waals surface area contributed by atoms with Crippen molar-refractivity contribution < 1.29 is 9.59 Å². The quantitative estimate of drug-likeness (QED) is 0.583. The minimum absolute atomic E-state index is 0.196. The normalized spacial score (nSPS) is 13.7. The molecular weight excluding hydrogens is 418 g/mol. The maximum atomic E-state index is 12.5. The van der Waals surface area contributed by atoms with Gasteiger partial charge in [-0.25, -0.2) is 4.98 Å². The lowest BCUT2D eigenvalue weighted by Crippen LogP contribution is -2.23. The molecule has 4 rings (SSSR count). The molecule has 2 aromatic carbocycles. The predicted molar refractivity (Wildman–Crippen MR) is 120 cm³/mol. The number of anilines is 1. The molecule has 5 nitrogen and oxygen atoms in total. The van der Waals surface area contributed by atoms with E-state index in [1.807, 2.05) is 36.1 Å². The minimum atomic E-state index is -0.196. The molecule has 1 saturated heterocycles. The second-order valence-electron chi connectivity index (χ2n) is 7.46. The first-order valence-corrected chi connectivity index (χ1v) is 11.1. The van der Waals surface area contributed by atoms with Crippen LogP contribution in [-0.4, -0.2) is 28.2 Å². The Balaban J connectivity index is 1.35. The molecule has 0 bridgehead atoms. The number of carbonyl (C=O) groups is 2. The van der Waals surface area contributed by atoms with E-state index in [1.54, 1.807) is 18.3 Å². The van der Waals surface area contributed by atoms with Gasteiger partial charge in [-0.3, -0.25) is 14.9 Å². The van der Waals surface area contributed by atoms with Gasteiger partial charge in [-0.1, -0.05) is 35.9 Å². The molecule has 0 aliphatic carbocycles. The molecule has 7 heteroatoms. The molecule has 2 heterocycles. The van der Waals surface area contributed by atoms with E-state index >= 15 is 0 Å². The van der Waals surface area contributed by atoms with Crippen molar-refractivity contribution in [3.05, 3.63) is 80.8 Å². The van der Waals surface area contributed by atoms with Crippen molar-refractivity contribution in [2.45, 2.75) is 32.7 Å². The first kappa shape index (κ1) is 20.6. The van der Waals surface area contributed by atoms with Gasteiger partial charge in [-0.2, -0.15) is 0 Å². The number of benzene rings is 2. The standard InChI is InChI=1S/C23H22ClN3O2S/c1-15-4-5-17(12-20(15)24)11-19-13-25-23(30-19)26-22(29)18-8-6-16(7-9-18)14-27-10-2-3-21(27)28/h4-9,12-13H,2-3,10-11,14H2,1H3,(H,25,26,29). The van der Waals surface area contributed by atoms with Crippen molar-refractivity contribution in [3.63, 3.8) is 0 Å². The van der Waals surface area contributed by atoms with Crippen LogP contribution < -0.4 is 5.32 Å². The van der Waals surface area contributed by atoms with Crippen molar-refractivity contribution in [1.29, 1.82) is 0 Å². The summed E-state index contributed by atoms with van der Waals surface area (Å²) in [6, 6.07) is 13.4. The van der Waals surface area contributed by atoms with E-state index in [4.69, 9.17) is 11.6 Å². The Bertz CT molecular complexity index is 1080. The lowest BCUT2D eigenvalue weighted by Gasteiger charge is -2.15. The Morgan fingerprint density at radius 1 is 1.20 bits per heavy atom. The number of halogens is 1. The number of likely N-dealkylation sites (tertiary alicyclic amines) is 1. The van der Waals surface area contributed by atoms with Crippen molar-refractivity contribution in [3.8, 4) is 0 Å². The number of thiazole rings is 1. The van der Waals surface area contributed by atoms with Crippen LogP contribution in [0.25, 0.3) is 0 Å². The van der Waals surface area contributed by atoms with Gasteiger partial charge in [-0.15, -0.1) is 11.3 Å². The van der Waals surface area contributed by atoms with Gasteiger partial charge in [0.15, 0.2) is 5.13 Å². The molecule has 30 heavy (non-hydrogen) atoms. The molecule has 154 valence electrons. The molecule has 1 fully saturated rings. The molecule has 1 aliphatic rings. The van der Waals surface area contributed by atoms with Gasteiger partial charge in [0.25, 0.3) is 5.91 Å². The van der Waals surface area contributed by atoms with Crippen LogP contribution in [0.15, 0.2) is 48.7 Å². The highest BCUT2D eigenvalue weighted by molar-refractivity contribution is 7.15. The lowest BCUT2D eigenvalue weighted by molar-refractivity contribution is -0.128. The second kappa shape index (κ2) is 8.98. The molecule has 0 radical (unpaired) electrons. The number of carbonyl (C=O) groups excluding carboxylic acids is 2. The second-order valence-corrected chi connectivity index (χ2v) is 8.98. The molecular formula is C23H22ClN3O2S. The van der Waals surface area contributed by atoms with Gasteiger partial charge >= 0.3 is 0 Å². The van der Waals surface area contributed by atoms with Gasteiger partial charge in [0.2, 0.25) is 5.91 Å². The fraction of sp³-hybridized carbons (Fsp3) is 0.261. The summed E-state index contributed by atoms with van der Waals surface area (Å²) in [4.78, 5) is 31.5. The largest absolute Gasteiger partial charge is 0.338 e. The molecule has 0 saturated carbocycles. The van der Waals surface area contributed by atoms with E-state index in [2.05, 4.69) is 16.4 Å². The summed E-state index contributed by atoms with van der Waals surface area (Å²) in [5.74, 6) is 0.00220. The summed E-state index contributed by atoms with van der Waals surface area (Å²) in [6.45, 7) is 3.38. The number of aryl methyl sites for hydroxylation is 1. The zero-order valence-corrected chi connectivity index (χ0v) is 18.2. The molecule has 0 atom stereocenters. The molecule has 1 aliphatic heterocycles. The number of amides is 2. The van der Waals surface area contributed by atoms with E-state index < -0.39 is 0 Å². The van der Waals surface area contributed by atoms with Gasteiger partial charge in [0.05, 0.1) is 0 Å². The molecule has 0 spiro atoms. The number of nitrogens with one attached hydrogen (secondary N) is 1. The fourth-order valence-corrected chi connectivity index (χ4v) is 4.46. The van der Waals surface area contributed by atoms with Gasteiger partial charge in [0, 0.05) is 47.6 Å². The number of hydrogen-bond donors (Lipinski definition) is 1. The van der Waals surface area contributed by atoms with E-state index in [0.29, 0.717) is 23.7 Å². The van der Waals surface area contributed by atoms with E-state index in [1.165, 1.54) is 11.3 Å². The molecule has 2 amide bonds. The summed E-state index contributed by atoms with van der Waals surface area (Å²) < 4.78 is 0. The van der Waals surface area contributed by atoms with E-state index in [0.717, 1.165) is 46.0 Å². The van der Waals surface area contributed by atoms with Crippen LogP contribution in [0.3, 0.4) is 0 Å². The maximum Gasteiger partial charge on any atom is 0.257 e. The lowest BCUT2D eigenvalue weighted by atomic mass is 10.1. The third-order valence-electron chi connectivity index (χ3n) is 5.15. The Hall–Kier alpha value is -2.70. The summed E-state index contributed by atoms with van der Waals surface area (Å²) in [5, 5.41) is 4.18. The van der Waals surface area contributed by atoms with Crippen LogP contribution in [0.1, 0.15) is 44.8 Å². The topological polar surface area (TPSA) is 62.3 Å². The highest BCUT2D eigenvalue weighted by Crippen LogP contribution is 2.24. The molecule has 1 N–H and O–H groups in total. The smallest absolute Gasteiger partial charge is 0.257 e. The number of nitrogens with zero attached hydrogens (tertiary/aromatic N) is 2. The van der Waals surface area contributed by atoms with Crippen molar-refractivity contribution >= 4 is 39.9 Å². The van der Waals surface area contributed by atoms with E-state index in [9.17, 15) is 9.59 Å². The third kappa shape index (κ3) is 4.89. The first-order valence-electron chi connectivity index (χ1n) is 9.86. The first-order chi connectivity index (χ1) is 14.5. The van der Waals surface area contributed by atoms with Crippen molar-refractivity contribution in [2.75, 3.05) is 11.9 Å². The SMILES string of the molecule is Cc1ccc(Cc2cnc(NC(=O)c3ccc(CN4CCCC4=O)cc3)s2)cc1Cl. The van der Waals surface area contributed by atoms with Gasteiger partial charge in [0.1, 0.15) is 0 Å². The monoisotopic (exact) mass is 439 g/mol. The van der Waals surface area contributed by atoms with Gasteiger partial charge < -0.3 is 4.90 Å². The Morgan fingerprint density at radius 2 is 1.97 bits per heavy atom. The Kier molecular flexibility index (Phi) is 6.16. The zero-order valence-electron chi connectivity index (χ0n) is 16.7. The van der Waals surface area contributed by atoms with Gasteiger partial charge in [-0.05, 0) is 48.2 Å². The Morgan fingerprint density at radius 3 is 2.67 bits per heavy atom. The van der Waals surface area contributed by atoms with Crippen LogP contribution in [-0.2, 0) is 17.8 Å². The highest BCUT2D eigenvalue weighted by Gasteiger charge is 2.20. The zero-order chi connectivity index (χ0) is 21.1. The van der Waals surface area contributed by atoms with Crippen LogP contribution in [0.4, 0.5) is 5.13 Å². The Labute approximate surface area is 184 Å². The highest BCUT2D eigenvalue weighted by atomic mass is 35.5. The summed E-state index contributed by atoms with van der Waals surface area (Å²) in [7, 11) is 0. The third-order valence-corrected chi connectivity index (χ3v) is 6.47. The molecule has 1 aromatic heterocycles. The number of rotatable bonds is 6. The van der Waals surface area contributed by atoms with Crippen LogP contribution in [0.5, 0.6) is 0 Å². The van der Waals surface area contributed by atoms with Crippen molar-refractivity contribution in [1.82, 2.24) is 9.88 Å². The maximum absolute atomic E-state index is 12.5. The van der Waals surface area contributed by atoms with Crippen LogP contribution >= 0.6 is 22.9 Å². The van der Waals surface area contributed by atoms with Crippen LogP contribution in [0, 0.1) is 6.92 Å². The number of aromatic nitrogens is 1. The van der Waals surface area contributed by atoms with Crippen LogP contribution in [0.2, 0.25) is 5.02 Å². The summed E-state index contributed by atoms with van der Waals surface area (Å²) in [6.07, 6.45) is 4.06. The minimum Gasteiger partial charge on any atom is -0.338 e. The number of hydrogen-bond acceptors (Lipinski definition) is 4. The summed E-state index contributed by atoms with van der Waals surface area (Å²) in [5.41, 5.74) is 3.75. The predicted octanol–water partition coefficient (Wildman–Crippen LogP) is 5.07. The fourth-order valence-electron chi connectivity index (χ4n) is 3.42. The van der Waals surface area contributed by atoms with Crippen molar-refractivity contribution in [2.24, 2.45) is 0 Å². The van der Waals surface area contributed by atoms with E-state index in [-0.39, 0.29) is 11.8 Å².